The van der Waals surface area contributed by atoms with Crippen LogP contribution in [0.3, 0.4) is 0 Å². The van der Waals surface area contributed by atoms with E-state index in [4.69, 9.17) is 0 Å². The second kappa shape index (κ2) is 7.07. The molecule has 2 amide bonds. The molecule has 0 spiro atoms. The number of para-hydroxylation sites is 1. The molecule has 2 aromatic rings. The molecule has 0 aliphatic carbocycles. The average Bonchev–Trinajstić information content (AvgIpc) is 3.03. The maximum atomic E-state index is 12.3. The topological polar surface area (TPSA) is 48.1 Å². The molecule has 2 N–H and O–H groups in total. The predicted octanol–water partition coefficient (Wildman–Crippen LogP) is 4.25. The van der Waals surface area contributed by atoms with E-state index in [1.807, 2.05) is 4.90 Å². The van der Waals surface area contributed by atoms with Crippen LogP contribution in [-0.4, -0.2) is 35.0 Å². The third-order valence-corrected chi connectivity index (χ3v) is 5.16. The van der Waals surface area contributed by atoms with Crippen molar-refractivity contribution in [2.75, 3.05) is 13.1 Å². The van der Waals surface area contributed by atoms with Crippen LogP contribution in [0.15, 0.2) is 30.5 Å². The van der Waals surface area contributed by atoms with Crippen LogP contribution in [-0.2, 0) is 0 Å². The highest BCUT2D eigenvalue weighted by atomic mass is 16.2. The molecule has 1 fully saturated rings. The van der Waals surface area contributed by atoms with Gasteiger partial charge in [0.2, 0.25) is 0 Å². The molecule has 4 nitrogen and oxygen atoms in total. The second-order valence-electron chi connectivity index (χ2n) is 6.51. The number of H-pyrrole nitrogens is 1. The van der Waals surface area contributed by atoms with Gasteiger partial charge in [-0.05, 0) is 43.2 Å². The molecule has 124 valence electrons. The van der Waals surface area contributed by atoms with E-state index in [-0.39, 0.29) is 6.03 Å². The standard InChI is InChI=1S/C19H27N3O/c1-3-15(4-2)21-19(23)22-11-9-14(10-12-22)17-13-20-18-8-6-5-7-16(17)18/h5-8,13-15,20H,3-4,9-12H2,1-2H3,(H,21,23). The minimum atomic E-state index is 0.107. The number of aromatic nitrogens is 1. The summed E-state index contributed by atoms with van der Waals surface area (Å²) in [6.45, 7) is 5.93. The van der Waals surface area contributed by atoms with Gasteiger partial charge in [-0.3, -0.25) is 0 Å². The van der Waals surface area contributed by atoms with Crippen LogP contribution in [0.2, 0.25) is 0 Å². The summed E-state index contributed by atoms with van der Waals surface area (Å²) >= 11 is 0. The Kier molecular flexibility index (Phi) is 4.89. The van der Waals surface area contributed by atoms with Gasteiger partial charge in [0.15, 0.2) is 0 Å². The van der Waals surface area contributed by atoms with Gasteiger partial charge in [-0.1, -0.05) is 32.0 Å². The van der Waals surface area contributed by atoms with E-state index in [0.29, 0.717) is 12.0 Å². The smallest absolute Gasteiger partial charge is 0.317 e. The maximum absolute atomic E-state index is 12.3. The highest BCUT2D eigenvalue weighted by molar-refractivity contribution is 5.83. The van der Waals surface area contributed by atoms with Crippen molar-refractivity contribution in [2.24, 2.45) is 0 Å². The van der Waals surface area contributed by atoms with Gasteiger partial charge in [-0.15, -0.1) is 0 Å². The molecule has 0 radical (unpaired) electrons. The van der Waals surface area contributed by atoms with Crippen LogP contribution in [0.4, 0.5) is 4.79 Å². The number of likely N-dealkylation sites (tertiary alicyclic amines) is 1. The van der Waals surface area contributed by atoms with Crippen molar-refractivity contribution < 1.29 is 4.79 Å². The number of nitrogens with zero attached hydrogens (tertiary/aromatic N) is 1. The van der Waals surface area contributed by atoms with Gasteiger partial charge in [0, 0.05) is 36.2 Å². The molecule has 1 aromatic carbocycles. The SMILES string of the molecule is CCC(CC)NC(=O)N1CCC(c2c[nH]c3ccccc23)CC1. The highest BCUT2D eigenvalue weighted by Crippen LogP contribution is 2.33. The number of rotatable bonds is 4. The van der Waals surface area contributed by atoms with Crippen LogP contribution in [0.5, 0.6) is 0 Å². The molecule has 3 rings (SSSR count). The van der Waals surface area contributed by atoms with Gasteiger partial charge < -0.3 is 15.2 Å². The number of carbonyl (C=O) groups is 1. The summed E-state index contributed by atoms with van der Waals surface area (Å²) in [5.41, 5.74) is 2.61. The number of aromatic amines is 1. The maximum Gasteiger partial charge on any atom is 0.317 e. The Labute approximate surface area is 138 Å². The van der Waals surface area contributed by atoms with Gasteiger partial charge in [-0.25, -0.2) is 4.79 Å². The molecule has 1 aromatic heterocycles. The Morgan fingerprint density at radius 2 is 1.96 bits per heavy atom. The van der Waals surface area contributed by atoms with Crippen LogP contribution in [0.25, 0.3) is 10.9 Å². The molecule has 0 unspecified atom stereocenters. The molecule has 0 atom stereocenters. The third-order valence-electron chi connectivity index (χ3n) is 5.16. The normalized spacial score (nSPS) is 16.2. The first kappa shape index (κ1) is 15.9. The summed E-state index contributed by atoms with van der Waals surface area (Å²) in [6, 6.07) is 8.88. The Morgan fingerprint density at radius 1 is 1.26 bits per heavy atom. The lowest BCUT2D eigenvalue weighted by molar-refractivity contribution is 0.177. The molecule has 1 aliphatic rings. The van der Waals surface area contributed by atoms with Crippen LogP contribution < -0.4 is 5.32 Å². The van der Waals surface area contributed by atoms with Crippen molar-refractivity contribution in [1.82, 2.24) is 15.2 Å². The number of amides is 2. The Hall–Kier alpha value is -1.97. The van der Waals surface area contributed by atoms with Crippen LogP contribution >= 0.6 is 0 Å². The number of piperidine rings is 1. The fourth-order valence-electron chi connectivity index (χ4n) is 3.58. The fourth-order valence-corrected chi connectivity index (χ4v) is 3.58. The van der Waals surface area contributed by atoms with Gasteiger partial charge >= 0.3 is 6.03 Å². The van der Waals surface area contributed by atoms with Crippen molar-refractivity contribution in [3.63, 3.8) is 0 Å². The Morgan fingerprint density at radius 3 is 2.65 bits per heavy atom. The van der Waals surface area contributed by atoms with Gasteiger partial charge in [-0.2, -0.15) is 0 Å². The van der Waals surface area contributed by atoms with E-state index < -0.39 is 0 Å². The van der Waals surface area contributed by atoms with Crippen molar-refractivity contribution in [3.8, 4) is 0 Å². The van der Waals surface area contributed by atoms with E-state index in [9.17, 15) is 4.79 Å². The van der Waals surface area contributed by atoms with Gasteiger partial charge in [0.1, 0.15) is 0 Å². The summed E-state index contributed by atoms with van der Waals surface area (Å²) in [6.07, 6.45) is 6.22. The summed E-state index contributed by atoms with van der Waals surface area (Å²) in [4.78, 5) is 17.7. The zero-order valence-electron chi connectivity index (χ0n) is 14.1. The zero-order valence-corrected chi connectivity index (χ0v) is 14.1. The quantitative estimate of drug-likeness (QED) is 0.871. The first-order chi connectivity index (χ1) is 11.2. The van der Waals surface area contributed by atoms with Gasteiger partial charge in [0.25, 0.3) is 0 Å². The van der Waals surface area contributed by atoms with E-state index in [1.165, 1.54) is 16.5 Å². The van der Waals surface area contributed by atoms with Gasteiger partial charge in [0.05, 0.1) is 0 Å². The first-order valence-electron chi connectivity index (χ1n) is 8.84. The van der Waals surface area contributed by atoms with E-state index in [2.05, 4.69) is 54.6 Å². The van der Waals surface area contributed by atoms with E-state index in [1.54, 1.807) is 0 Å². The first-order valence-corrected chi connectivity index (χ1v) is 8.84. The lowest BCUT2D eigenvalue weighted by Crippen LogP contribution is -2.47. The number of fused-ring (bicyclic) bond motifs is 1. The lowest BCUT2D eigenvalue weighted by Gasteiger charge is -2.33. The highest BCUT2D eigenvalue weighted by Gasteiger charge is 2.25. The number of benzene rings is 1. The summed E-state index contributed by atoms with van der Waals surface area (Å²) in [5, 5.41) is 4.47. The predicted molar refractivity (Wildman–Crippen MR) is 94.7 cm³/mol. The fraction of sp³-hybridized carbons (Fsp3) is 0.526. The second-order valence-corrected chi connectivity index (χ2v) is 6.51. The number of hydrogen-bond acceptors (Lipinski definition) is 1. The molecule has 0 bridgehead atoms. The molecular weight excluding hydrogens is 286 g/mol. The number of carbonyl (C=O) groups excluding carboxylic acids is 1. The molecule has 4 heteroatoms. The molecule has 2 heterocycles. The van der Waals surface area contributed by atoms with Crippen molar-refractivity contribution in [3.05, 3.63) is 36.0 Å². The molecule has 1 aliphatic heterocycles. The summed E-state index contributed by atoms with van der Waals surface area (Å²) < 4.78 is 0. The Bertz CT molecular complexity index is 651. The molecular formula is C19H27N3O. The minimum Gasteiger partial charge on any atom is -0.361 e. The number of nitrogens with one attached hydrogen (secondary N) is 2. The molecule has 23 heavy (non-hydrogen) atoms. The average molecular weight is 313 g/mol. The van der Waals surface area contributed by atoms with E-state index in [0.717, 1.165) is 38.8 Å². The monoisotopic (exact) mass is 313 g/mol. The third kappa shape index (κ3) is 3.36. The number of hydrogen-bond donors (Lipinski definition) is 2. The summed E-state index contributed by atoms with van der Waals surface area (Å²) in [5.74, 6) is 0.545. The van der Waals surface area contributed by atoms with Crippen molar-refractivity contribution in [1.29, 1.82) is 0 Å². The van der Waals surface area contributed by atoms with E-state index >= 15 is 0 Å². The largest absolute Gasteiger partial charge is 0.361 e. The van der Waals surface area contributed by atoms with Crippen molar-refractivity contribution in [2.45, 2.75) is 51.5 Å². The molecule has 0 saturated carbocycles. The van der Waals surface area contributed by atoms with Crippen LogP contribution in [0, 0.1) is 0 Å². The summed E-state index contributed by atoms with van der Waals surface area (Å²) in [7, 11) is 0. The lowest BCUT2D eigenvalue weighted by atomic mass is 9.89. The van der Waals surface area contributed by atoms with Crippen LogP contribution in [0.1, 0.15) is 51.0 Å². The minimum absolute atomic E-state index is 0.107. The number of urea groups is 1. The zero-order chi connectivity index (χ0) is 16.2. The molecule has 1 saturated heterocycles. The van der Waals surface area contributed by atoms with Crippen molar-refractivity contribution >= 4 is 16.9 Å². The Balaban J connectivity index is 1.61.